The first-order valence-electron chi connectivity index (χ1n) is 9.64. The number of phenols is 1. The molecule has 156 valence electrons. The van der Waals surface area contributed by atoms with Crippen LogP contribution in [0.2, 0.25) is 0 Å². The number of piperidine rings is 1. The van der Waals surface area contributed by atoms with Gasteiger partial charge in [0, 0.05) is 19.0 Å². The lowest BCUT2D eigenvalue weighted by atomic mass is 9.97. The van der Waals surface area contributed by atoms with Gasteiger partial charge in [-0.25, -0.2) is 8.42 Å². The zero-order valence-corrected chi connectivity index (χ0v) is 17.4. The summed E-state index contributed by atoms with van der Waals surface area (Å²) in [5.74, 6) is 0.139. The van der Waals surface area contributed by atoms with Crippen LogP contribution in [0.25, 0.3) is 0 Å². The maximum absolute atomic E-state index is 12.9. The largest absolute Gasteiger partial charge is 0.506 e. The van der Waals surface area contributed by atoms with Gasteiger partial charge in [-0.15, -0.1) is 0 Å². The number of hydrogen-bond donors (Lipinski definition) is 2. The second-order valence-electron chi connectivity index (χ2n) is 7.09. The second-order valence-corrected chi connectivity index (χ2v) is 9.03. The van der Waals surface area contributed by atoms with Gasteiger partial charge >= 0.3 is 0 Å². The third-order valence-electron chi connectivity index (χ3n) is 5.01. The van der Waals surface area contributed by atoms with Crippen LogP contribution in [0.1, 0.15) is 25.3 Å². The topological polar surface area (TPSA) is 95.9 Å². The van der Waals surface area contributed by atoms with Crippen LogP contribution in [0.15, 0.2) is 47.4 Å². The molecular formula is C21H26N2O5S. The standard InChI is InChI=1S/C21H26N2O5S/c1-3-28-17-5-7-18(8-6-17)29(26,27)23-12-10-16(11-13-23)21(25)22-19-9-4-15(2)14-20(19)24/h4-9,14,16,24H,3,10-13H2,1-2H3,(H,22,25). The number of hydrogen-bond acceptors (Lipinski definition) is 5. The lowest BCUT2D eigenvalue weighted by Crippen LogP contribution is -2.41. The summed E-state index contributed by atoms with van der Waals surface area (Å²) in [6, 6.07) is 11.4. The number of sulfonamides is 1. The minimum atomic E-state index is -3.61. The summed E-state index contributed by atoms with van der Waals surface area (Å²) in [4.78, 5) is 12.7. The van der Waals surface area contributed by atoms with E-state index in [-0.39, 0.29) is 35.6 Å². The minimum Gasteiger partial charge on any atom is -0.506 e. The van der Waals surface area contributed by atoms with E-state index in [0.717, 1.165) is 5.56 Å². The summed E-state index contributed by atoms with van der Waals surface area (Å²) in [5, 5.41) is 12.7. The van der Waals surface area contributed by atoms with Crippen molar-refractivity contribution >= 4 is 21.6 Å². The molecule has 1 aliphatic heterocycles. The SMILES string of the molecule is CCOc1ccc(S(=O)(=O)N2CCC(C(=O)Nc3ccc(C)cc3O)CC2)cc1. The quantitative estimate of drug-likeness (QED) is 0.703. The van der Waals surface area contributed by atoms with E-state index in [1.54, 1.807) is 42.5 Å². The fourth-order valence-electron chi connectivity index (χ4n) is 3.36. The number of nitrogens with zero attached hydrogens (tertiary/aromatic N) is 1. The molecule has 0 aromatic heterocycles. The Morgan fingerprint density at radius 1 is 1.17 bits per heavy atom. The number of ether oxygens (including phenoxy) is 1. The molecule has 1 saturated heterocycles. The van der Waals surface area contributed by atoms with E-state index in [1.807, 2.05) is 13.8 Å². The monoisotopic (exact) mass is 418 g/mol. The van der Waals surface area contributed by atoms with Crippen LogP contribution in [-0.4, -0.2) is 43.4 Å². The van der Waals surface area contributed by atoms with E-state index >= 15 is 0 Å². The number of aryl methyl sites for hydroxylation is 1. The molecule has 1 heterocycles. The highest BCUT2D eigenvalue weighted by Crippen LogP contribution is 2.28. The van der Waals surface area contributed by atoms with Gasteiger partial charge in [-0.1, -0.05) is 6.07 Å². The van der Waals surface area contributed by atoms with Gasteiger partial charge < -0.3 is 15.2 Å². The Balaban J connectivity index is 1.61. The molecule has 29 heavy (non-hydrogen) atoms. The molecule has 3 rings (SSSR count). The maximum atomic E-state index is 12.9. The van der Waals surface area contributed by atoms with Crippen LogP contribution < -0.4 is 10.1 Å². The summed E-state index contributed by atoms with van der Waals surface area (Å²) in [6.07, 6.45) is 0.851. The summed E-state index contributed by atoms with van der Waals surface area (Å²) < 4.78 is 32.5. The molecule has 0 spiro atoms. The number of carbonyl (C=O) groups excluding carboxylic acids is 1. The van der Waals surface area contributed by atoms with Crippen LogP contribution in [0.5, 0.6) is 11.5 Å². The number of anilines is 1. The lowest BCUT2D eigenvalue weighted by molar-refractivity contribution is -0.120. The number of nitrogens with one attached hydrogen (secondary N) is 1. The van der Waals surface area contributed by atoms with Crippen molar-refractivity contribution in [2.75, 3.05) is 25.0 Å². The van der Waals surface area contributed by atoms with Crippen LogP contribution in [0.3, 0.4) is 0 Å². The average molecular weight is 419 g/mol. The fourth-order valence-corrected chi connectivity index (χ4v) is 4.83. The predicted molar refractivity (Wildman–Crippen MR) is 111 cm³/mol. The summed E-state index contributed by atoms with van der Waals surface area (Å²) in [5.41, 5.74) is 1.26. The second kappa shape index (κ2) is 8.84. The summed E-state index contributed by atoms with van der Waals surface area (Å²) in [6.45, 7) is 4.78. The number of amides is 1. The van der Waals surface area contributed by atoms with Gasteiger partial charge in [0.05, 0.1) is 17.2 Å². The van der Waals surface area contributed by atoms with Gasteiger partial charge in [0.2, 0.25) is 15.9 Å². The molecule has 0 radical (unpaired) electrons. The van der Waals surface area contributed by atoms with Crippen molar-refractivity contribution in [2.45, 2.75) is 31.6 Å². The smallest absolute Gasteiger partial charge is 0.243 e. The van der Waals surface area contributed by atoms with Crippen molar-refractivity contribution in [1.29, 1.82) is 0 Å². The summed E-state index contributed by atoms with van der Waals surface area (Å²) in [7, 11) is -3.61. The Morgan fingerprint density at radius 3 is 2.41 bits per heavy atom. The van der Waals surface area contributed by atoms with Gasteiger partial charge in [-0.3, -0.25) is 4.79 Å². The van der Waals surface area contributed by atoms with E-state index in [4.69, 9.17) is 4.74 Å². The third kappa shape index (κ3) is 4.89. The number of aromatic hydroxyl groups is 1. The van der Waals surface area contributed by atoms with Crippen molar-refractivity contribution in [1.82, 2.24) is 4.31 Å². The predicted octanol–water partition coefficient (Wildman–Crippen LogP) is 3.14. The highest BCUT2D eigenvalue weighted by atomic mass is 32.2. The molecule has 1 amide bonds. The zero-order chi connectivity index (χ0) is 21.0. The Labute approximate surface area is 171 Å². The van der Waals surface area contributed by atoms with E-state index in [2.05, 4.69) is 5.32 Å². The lowest BCUT2D eigenvalue weighted by Gasteiger charge is -2.30. The molecule has 0 bridgehead atoms. The molecule has 1 fully saturated rings. The molecule has 0 unspecified atom stereocenters. The van der Waals surface area contributed by atoms with E-state index < -0.39 is 10.0 Å². The number of carbonyl (C=O) groups is 1. The van der Waals surface area contributed by atoms with E-state index in [0.29, 0.717) is 30.9 Å². The number of phenolic OH excluding ortho intramolecular Hbond substituents is 1. The summed E-state index contributed by atoms with van der Waals surface area (Å²) >= 11 is 0. The molecule has 8 heteroatoms. The van der Waals surface area contributed by atoms with Crippen LogP contribution >= 0.6 is 0 Å². The average Bonchev–Trinajstić information content (AvgIpc) is 2.71. The van der Waals surface area contributed by atoms with Gasteiger partial charge in [0.1, 0.15) is 11.5 Å². The van der Waals surface area contributed by atoms with Gasteiger partial charge in [0.15, 0.2) is 0 Å². The number of benzene rings is 2. The molecule has 2 aromatic carbocycles. The molecule has 0 saturated carbocycles. The minimum absolute atomic E-state index is 0.0221. The first-order valence-corrected chi connectivity index (χ1v) is 11.1. The van der Waals surface area contributed by atoms with Crippen molar-refractivity contribution in [2.24, 2.45) is 5.92 Å². The molecule has 1 aliphatic rings. The molecule has 0 atom stereocenters. The molecule has 2 aromatic rings. The van der Waals surface area contributed by atoms with Gasteiger partial charge in [-0.05, 0) is 68.7 Å². The highest BCUT2D eigenvalue weighted by Gasteiger charge is 2.32. The van der Waals surface area contributed by atoms with E-state index in [9.17, 15) is 18.3 Å². The molecular weight excluding hydrogens is 392 g/mol. The fraction of sp³-hybridized carbons (Fsp3) is 0.381. The highest BCUT2D eigenvalue weighted by molar-refractivity contribution is 7.89. The van der Waals surface area contributed by atoms with Crippen molar-refractivity contribution in [3.05, 3.63) is 48.0 Å². The number of rotatable bonds is 6. The molecule has 2 N–H and O–H groups in total. The molecule has 0 aliphatic carbocycles. The first-order chi connectivity index (χ1) is 13.8. The normalized spacial score (nSPS) is 15.8. The third-order valence-corrected chi connectivity index (χ3v) is 6.92. The zero-order valence-electron chi connectivity index (χ0n) is 16.6. The van der Waals surface area contributed by atoms with E-state index in [1.165, 1.54) is 4.31 Å². The van der Waals surface area contributed by atoms with Crippen LogP contribution in [-0.2, 0) is 14.8 Å². The first kappa shape index (κ1) is 21.1. The van der Waals surface area contributed by atoms with Gasteiger partial charge in [-0.2, -0.15) is 4.31 Å². The van der Waals surface area contributed by atoms with Crippen molar-refractivity contribution in [3.8, 4) is 11.5 Å². The Morgan fingerprint density at radius 2 is 1.83 bits per heavy atom. The van der Waals surface area contributed by atoms with Gasteiger partial charge in [0.25, 0.3) is 0 Å². The maximum Gasteiger partial charge on any atom is 0.243 e. The Hall–Kier alpha value is -2.58. The van der Waals surface area contributed by atoms with Crippen LogP contribution in [0, 0.1) is 12.8 Å². The van der Waals surface area contributed by atoms with Crippen molar-refractivity contribution in [3.63, 3.8) is 0 Å². The van der Waals surface area contributed by atoms with Crippen molar-refractivity contribution < 1.29 is 23.1 Å². The van der Waals surface area contributed by atoms with Crippen LogP contribution in [0.4, 0.5) is 5.69 Å². The Kier molecular flexibility index (Phi) is 6.44. The Bertz CT molecular complexity index is 965. The molecule has 7 nitrogen and oxygen atoms in total.